The lowest BCUT2D eigenvalue weighted by Crippen LogP contribution is -2.41. The average molecular weight is 357 g/mol. The van der Waals surface area contributed by atoms with E-state index < -0.39 is 29.2 Å². The maximum atomic E-state index is 11.0. The molecule has 2 N–H and O–H groups in total. The van der Waals surface area contributed by atoms with Gasteiger partial charge >= 0.3 is 7.12 Å². The van der Waals surface area contributed by atoms with Crippen LogP contribution in [-0.2, 0) is 9.31 Å². The highest BCUT2D eigenvalue weighted by atomic mass is 79.9. The van der Waals surface area contributed by atoms with E-state index in [1.807, 2.05) is 27.7 Å². The molecule has 21 heavy (non-hydrogen) atoms. The summed E-state index contributed by atoms with van der Waals surface area (Å²) >= 11 is 3.15. The van der Waals surface area contributed by atoms with Crippen LogP contribution in [0.2, 0.25) is 0 Å². The highest BCUT2D eigenvalue weighted by Gasteiger charge is 2.53. The van der Waals surface area contributed by atoms with E-state index in [0.29, 0.717) is 10.0 Å². The molecule has 0 amide bonds. The van der Waals surface area contributed by atoms with E-state index in [9.17, 15) is 10.1 Å². The summed E-state index contributed by atoms with van der Waals surface area (Å²) in [6.45, 7) is 7.74. The van der Waals surface area contributed by atoms with Gasteiger partial charge in [-0.15, -0.1) is 0 Å². The van der Waals surface area contributed by atoms with Crippen LogP contribution in [-0.4, -0.2) is 23.2 Å². The van der Waals surface area contributed by atoms with Crippen LogP contribution < -0.4 is 5.73 Å². The minimum absolute atomic E-state index is 0.0283. The number of nitrogens with zero attached hydrogens (tertiary/aromatic N) is 1. The van der Waals surface area contributed by atoms with Crippen molar-refractivity contribution in [3.05, 3.63) is 38.3 Å². The van der Waals surface area contributed by atoms with Gasteiger partial charge in [0.1, 0.15) is 0 Å². The summed E-state index contributed by atoms with van der Waals surface area (Å²) in [5.74, 6) is -0.599. The SMILES string of the molecule is CC1(C)OB([C@H](N)c2ccc(Br)c([N+](=O)[O-])c2)OC1(C)C. The zero-order valence-electron chi connectivity index (χ0n) is 12.4. The van der Waals surface area contributed by atoms with Crippen molar-refractivity contribution >= 4 is 28.7 Å². The van der Waals surface area contributed by atoms with Crippen LogP contribution in [0.15, 0.2) is 22.7 Å². The monoisotopic (exact) mass is 356 g/mol. The number of nitrogens with two attached hydrogens (primary N) is 1. The standard InChI is InChI=1S/C13H18BBrN2O4/c1-12(2)13(3,4)21-14(20-12)11(16)8-5-6-9(15)10(7-8)17(18)19/h5-7,11H,16H2,1-4H3/t11-/m1/s1. The van der Waals surface area contributed by atoms with Crippen LogP contribution >= 0.6 is 15.9 Å². The predicted octanol–water partition coefficient (Wildman–Crippen LogP) is 2.99. The molecular weight excluding hydrogens is 339 g/mol. The second kappa shape index (κ2) is 5.35. The number of rotatable bonds is 3. The maximum Gasteiger partial charge on any atom is 0.480 e. The Bertz CT molecular complexity index is 563. The van der Waals surface area contributed by atoms with Crippen LogP contribution in [0.3, 0.4) is 0 Å². The van der Waals surface area contributed by atoms with Crippen LogP contribution in [0.25, 0.3) is 0 Å². The average Bonchev–Trinajstić information content (AvgIpc) is 2.58. The fourth-order valence-corrected chi connectivity index (χ4v) is 2.46. The Labute approximate surface area is 132 Å². The van der Waals surface area contributed by atoms with Gasteiger partial charge in [0.05, 0.1) is 26.5 Å². The minimum Gasteiger partial charge on any atom is -0.402 e. The molecule has 1 fully saturated rings. The number of hydrogen-bond donors (Lipinski definition) is 1. The quantitative estimate of drug-likeness (QED) is 0.511. The largest absolute Gasteiger partial charge is 0.480 e. The molecule has 2 rings (SSSR count). The lowest BCUT2D eigenvalue weighted by atomic mass is 9.75. The Morgan fingerprint density at radius 2 is 1.81 bits per heavy atom. The van der Waals surface area contributed by atoms with Crippen molar-refractivity contribution in [1.82, 2.24) is 0 Å². The lowest BCUT2D eigenvalue weighted by Gasteiger charge is -2.32. The van der Waals surface area contributed by atoms with Gasteiger partial charge in [0, 0.05) is 6.07 Å². The Morgan fingerprint density at radius 3 is 2.29 bits per heavy atom. The van der Waals surface area contributed by atoms with Crippen molar-refractivity contribution in [3.63, 3.8) is 0 Å². The molecule has 114 valence electrons. The van der Waals surface area contributed by atoms with Crippen LogP contribution in [0.1, 0.15) is 39.2 Å². The number of nitro groups is 1. The van der Waals surface area contributed by atoms with Gasteiger partial charge in [-0.1, -0.05) is 6.07 Å². The van der Waals surface area contributed by atoms with E-state index in [2.05, 4.69) is 15.9 Å². The van der Waals surface area contributed by atoms with E-state index in [0.717, 1.165) is 0 Å². The summed E-state index contributed by atoms with van der Waals surface area (Å²) in [6.07, 6.45) is 0. The molecule has 0 aliphatic carbocycles. The Kier molecular flexibility index (Phi) is 4.18. The normalized spacial score (nSPS) is 21.3. The van der Waals surface area contributed by atoms with Crippen molar-refractivity contribution in [2.24, 2.45) is 5.73 Å². The van der Waals surface area contributed by atoms with Crippen molar-refractivity contribution in [2.75, 3.05) is 0 Å². The summed E-state index contributed by atoms with van der Waals surface area (Å²) in [6, 6.07) is 4.78. The van der Waals surface area contributed by atoms with E-state index in [4.69, 9.17) is 15.0 Å². The molecule has 1 saturated heterocycles. The summed E-state index contributed by atoms with van der Waals surface area (Å²) in [5.41, 5.74) is 5.77. The molecule has 8 heteroatoms. The van der Waals surface area contributed by atoms with Crippen molar-refractivity contribution in [2.45, 2.75) is 44.8 Å². The minimum atomic E-state index is -0.643. The molecule has 0 saturated carbocycles. The summed E-state index contributed by atoms with van der Waals surface area (Å²) in [7, 11) is -0.643. The van der Waals surface area contributed by atoms with E-state index >= 15 is 0 Å². The van der Waals surface area contributed by atoms with Gasteiger partial charge in [0.15, 0.2) is 0 Å². The lowest BCUT2D eigenvalue weighted by molar-refractivity contribution is -0.385. The van der Waals surface area contributed by atoms with Crippen molar-refractivity contribution in [1.29, 1.82) is 0 Å². The smallest absolute Gasteiger partial charge is 0.402 e. The molecule has 1 heterocycles. The molecule has 0 spiro atoms. The second-order valence-electron chi connectivity index (χ2n) is 6.12. The van der Waals surface area contributed by atoms with Gasteiger partial charge in [0.25, 0.3) is 5.69 Å². The Hall–Kier alpha value is -0.955. The first kappa shape index (κ1) is 16.4. The fraction of sp³-hybridized carbons (Fsp3) is 0.538. The summed E-state index contributed by atoms with van der Waals surface area (Å²) < 4.78 is 12.2. The molecule has 1 aromatic carbocycles. The van der Waals surface area contributed by atoms with E-state index in [1.54, 1.807) is 12.1 Å². The second-order valence-corrected chi connectivity index (χ2v) is 6.97. The maximum absolute atomic E-state index is 11.0. The van der Waals surface area contributed by atoms with Crippen LogP contribution in [0.5, 0.6) is 0 Å². The summed E-state index contributed by atoms with van der Waals surface area (Å²) in [4.78, 5) is 10.5. The van der Waals surface area contributed by atoms with Crippen LogP contribution in [0, 0.1) is 10.1 Å². The Morgan fingerprint density at radius 1 is 1.29 bits per heavy atom. The highest BCUT2D eigenvalue weighted by molar-refractivity contribution is 9.10. The molecule has 1 aliphatic rings. The molecule has 1 aromatic rings. The van der Waals surface area contributed by atoms with Gasteiger partial charge in [0.2, 0.25) is 0 Å². The zero-order chi connectivity index (χ0) is 16.0. The highest BCUT2D eigenvalue weighted by Crippen LogP contribution is 2.40. The third kappa shape index (κ3) is 2.99. The third-order valence-electron chi connectivity index (χ3n) is 4.12. The molecule has 0 unspecified atom stereocenters. The van der Waals surface area contributed by atoms with Gasteiger partial charge in [-0.3, -0.25) is 10.1 Å². The van der Waals surface area contributed by atoms with Crippen molar-refractivity contribution < 1.29 is 14.2 Å². The zero-order valence-corrected chi connectivity index (χ0v) is 14.0. The molecule has 1 aliphatic heterocycles. The summed E-state index contributed by atoms with van der Waals surface area (Å²) in [5, 5.41) is 11.0. The molecule has 1 atom stereocenters. The predicted molar refractivity (Wildman–Crippen MR) is 83.8 cm³/mol. The molecule has 0 aromatic heterocycles. The number of hydrogen-bond acceptors (Lipinski definition) is 5. The number of benzene rings is 1. The van der Waals surface area contributed by atoms with Gasteiger partial charge < -0.3 is 15.0 Å². The topological polar surface area (TPSA) is 87.6 Å². The molecule has 0 radical (unpaired) electrons. The first-order chi connectivity index (χ1) is 9.55. The van der Waals surface area contributed by atoms with Gasteiger partial charge in [-0.25, -0.2) is 0 Å². The Balaban J connectivity index is 2.28. The van der Waals surface area contributed by atoms with E-state index in [1.165, 1.54) is 6.07 Å². The van der Waals surface area contributed by atoms with E-state index in [-0.39, 0.29) is 5.69 Å². The number of halogens is 1. The first-order valence-corrected chi connectivity index (χ1v) is 7.39. The number of nitro benzene ring substituents is 1. The third-order valence-corrected chi connectivity index (χ3v) is 4.79. The molecular formula is C13H18BBrN2O4. The van der Waals surface area contributed by atoms with Crippen molar-refractivity contribution in [3.8, 4) is 0 Å². The van der Waals surface area contributed by atoms with Gasteiger partial charge in [-0.05, 0) is 55.3 Å². The van der Waals surface area contributed by atoms with Crippen LogP contribution in [0.4, 0.5) is 5.69 Å². The fourth-order valence-electron chi connectivity index (χ4n) is 2.07. The molecule has 6 nitrogen and oxygen atoms in total. The van der Waals surface area contributed by atoms with Gasteiger partial charge in [-0.2, -0.15) is 0 Å². The first-order valence-electron chi connectivity index (χ1n) is 6.60. The molecule has 0 bridgehead atoms.